The first-order chi connectivity index (χ1) is 11.7. The van der Waals surface area contributed by atoms with E-state index in [0.29, 0.717) is 11.7 Å². The second-order valence-electron chi connectivity index (χ2n) is 5.22. The number of guanidine groups is 1. The molecule has 0 unspecified atom stereocenters. The molecule has 2 aromatic rings. The Bertz CT molecular complexity index is 636. The predicted octanol–water partition coefficient (Wildman–Crippen LogP) is 1.69. The zero-order valence-electron chi connectivity index (χ0n) is 14.2. The number of aromatic nitrogens is 4. The lowest BCUT2D eigenvalue weighted by molar-refractivity contribution is 0.632. The summed E-state index contributed by atoms with van der Waals surface area (Å²) in [5.41, 5.74) is 1.12. The van der Waals surface area contributed by atoms with E-state index < -0.39 is 0 Å². The topological polar surface area (TPSA) is 80.0 Å². The van der Waals surface area contributed by atoms with E-state index in [4.69, 9.17) is 11.6 Å². The summed E-state index contributed by atoms with van der Waals surface area (Å²) in [6.45, 7) is 7.20. The van der Waals surface area contributed by atoms with Crippen molar-refractivity contribution in [3.63, 3.8) is 0 Å². The Morgan fingerprint density at radius 1 is 1.29 bits per heavy atom. The fraction of sp³-hybridized carbons (Fsp3) is 0.500. The number of nitrogens with zero attached hydrogens (tertiary/aromatic N) is 5. The van der Waals surface area contributed by atoms with Crippen LogP contribution in [0.4, 0.5) is 0 Å². The lowest BCUT2D eigenvalue weighted by atomic mass is 10.2. The summed E-state index contributed by atoms with van der Waals surface area (Å²) >= 11 is 5.79. The molecule has 2 heterocycles. The van der Waals surface area contributed by atoms with Crippen molar-refractivity contribution in [2.24, 2.45) is 4.99 Å². The fourth-order valence-electron chi connectivity index (χ4n) is 2.23. The van der Waals surface area contributed by atoms with Crippen molar-refractivity contribution in [3.8, 4) is 0 Å². The van der Waals surface area contributed by atoms with Crippen LogP contribution in [0.1, 0.15) is 25.2 Å². The van der Waals surface area contributed by atoms with Crippen molar-refractivity contribution in [2.75, 3.05) is 19.6 Å². The molecule has 7 nitrogen and oxygen atoms in total. The molecule has 8 heteroatoms. The van der Waals surface area contributed by atoms with E-state index in [-0.39, 0.29) is 0 Å². The third kappa shape index (κ3) is 5.81. The molecule has 2 rings (SSSR count). The first-order valence-electron chi connectivity index (χ1n) is 8.22. The van der Waals surface area contributed by atoms with Gasteiger partial charge in [-0.1, -0.05) is 24.6 Å². The number of aryl methyl sites for hydroxylation is 1. The molecule has 2 aromatic heterocycles. The van der Waals surface area contributed by atoms with Crippen molar-refractivity contribution in [1.82, 2.24) is 30.4 Å². The molecule has 0 aliphatic rings. The number of hydrogen-bond donors (Lipinski definition) is 2. The quantitative estimate of drug-likeness (QED) is 0.430. The molecule has 0 radical (unpaired) electrons. The summed E-state index contributed by atoms with van der Waals surface area (Å²) in [6.07, 6.45) is 5.25. The van der Waals surface area contributed by atoms with Crippen molar-refractivity contribution in [1.29, 1.82) is 0 Å². The van der Waals surface area contributed by atoms with E-state index in [2.05, 4.69) is 49.2 Å². The molecule has 0 saturated heterocycles. The van der Waals surface area contributed by atoms with Gasteiger partial charge in [0.25, 0.3) is 0 Å². The Labute approximate surface area is 147 Å². The van der Waals surface area contributed by atoms with Gasteiger partial charge in [-0.2, -0.15) is 0 Å². The van der Waals surface area contributed by atoms with E-state index in [0.717, 1.165) is 49.8 Å². The van der Waals surface area contributed by atoms with Crippen LogP contribution in [-0.4, -0.2) is 45.3 Å². The van der Waals surface area contributed by atoms with Crippen molar-refractivity contribution >= 4 is 17.6 Å². The minimum Gasteiger partial charge on any atom is -0.357 e. The van der Waals surface area contributed by atoms with E-state index in [9.17, 15) is 0 Å². The number of aliphatic imine (C=N–C) groups is 1. The fourth-order valence-corrected chi connectivity index (χ4v) is 2.34. The van der Waals surface area contributed by atoms with Crippen LogP contribution in [-0.2, 0) is 19.4 Å². The van der Waals surface area contributed by atoms with Gasteiger partial charge in [0.15, 0.2) is 5.96 Å². The highest BCUT2D eigenvalue weighted by molar-refractivity contribution is 6.29. The zero-order chi connectivity index (χ0) is 17.2. The molecular weight excluding hydrogens is 326 g/mol. The molecule has 0 atom stereocenters. The second-order valence-corrected chi connectivity index (χ2v) is 5.61. The van der Waals surface area contributed by atoms with Crippen molar-refractivity contribution < 1.29 is 0 Å². The van der Waals surface area contributed by atoms with Gasteiger partial charge in [-0.25, -0.2) is 4.98 Å². The summed E-state index contributed by atoms with van der Waals surface area (Å²) in [5, 5.41) is 15.1. The monoisotopic (exact) mass is 349 g/mol. The van der Waals surface area contributed by atoms with Gasteiger partial charge < -0.3 is 15.2 Å². The zero-order valence-corrected chi connectivity index (χ0v) is 14.9. The summed E-state index contributed by atoms with van der Waals surface area (Å²) < 4.78 is 2.05. The minimum absolute atomic E-state index is 0.512. The third-order valence-electron chi connectivity index (χ3n) is 3.46. The average molecular weight is 350 g/mol. The lowest BCUT2D eigenvalue weighted by Crippen LogP contribution is -2.39. The molecule has 0 bridgehead atoms. The first kappa shape index (κ1) is 18.2. The Morgan fingerprint density at radius 2 is 2.17 bits per heavy atom. The van der Waals surface area contributed by atoms with Crippen molar-refractivity contribution in [2.45, 2.75) is 33.2 Å². The molecule has 0 fully saturated rings. The standard InChI is InChI=1S/C16H24ClN7/c1-3-15-23-22-12-24(15)10-9-20-16(18-4-2)19-8-7-13-5-6-14(17)21-11-13/h5-6,11-12H,3-4,7-10H2,1-2H3,(H2,18,19,20). The highest BCUT2D eigenvalue weighted by Gasteiger charge is 2.02. The van der Waals surface area contributed by atoms with Gasteiger partial charge in [0, 0.05) is 38.8 Å². The predicted molar refractivity (Wildman–Crippen MR) is 96.3 cm³/mol. The van der Waals surface area contributed by atoms with Gasteiger partial charge in [0.2, 0.25) is 0 Å². The van der Waals surface area contributed by atoms with E-state index in [1.54, 1.807) is 18.6 Å². The summed E-state index contributed by atoms with van der Waals surface area (Å²) in [7, 11) is 0. The smallest absolute Gasteiger partial charge is 0.191 e. The van der Waals surface area contributed by atoms with Crippen LogP contribution in [0.2, 0.25) is 5.15 Å². The molecule has 0 aliphatic heterocycles. The van der Waals surface area contributed by atoms with Gasteiger partial charge in [-0.05, 0) is 25.0 Å². The molecule has 0 aromatic carbocycles. The molecule has 24 heavy (non-hydrogen) atoms. The van der Waals surface area contributed by atoms with Crippen LogP contribution in [0.15, 0.2) is 29.6 Å². The van der Waals surface area contributed by atoms with Gasteiger partial charge in [-0.3, -0.25) is 4.99 Å². The maximum Gasteiger partial charge on any atom is 0.191 e. The van der Waals surface area contributed by atoms with Crippen LogP contribution in [0.25, 0.3) is 0 Å². The molecule has 0 spiro atoms. The second kappa shape index (κ2) is 9.87. The number of rotatable bonds is 8. The summed E-state index contributed by atoms with van der Waals surface area (Å²) in [6, 6.07) is 3.78. The van der Waals surface area contributed by atoms with Crippen LogP contribution in [0.5, 0.6) is 0 Å². The normalized spacial score (nSPS) is 11.5. The average Bonchev–Trinajstić information content (AvgIpc) is 3.04. The highest BCUT2D eigenvalue weighted by Crippen LogP contribution is 2.05. The van der Waals surface area contributed by atoms with Crippen LogP contribution in [0.3, 0.4) is 0 Å². The Kier molecular flexibility index (Phi) is 7.48. The number of nitrogens with one attached hydrogen (secondary N) is 2. The van der Waals surface area contributed by atoms with E-state index >= 15 is 0 Å². The summed E-state index contributed by atoms with van der Waals surface area (Å²) in [4.78, 5) is 8.66. The summed E-state index contributed by atoms with van der Waals surface area (Å²) in [5.74, 6) is 1.81. The van der Waals surface area contributed by atoms with Crippen LogP contribution in [0, 0.1) is 0 Å². The highest BCUT2D eigenvalue weighted by atomic mass is 35.5. The van der Waals surface area contributed by atoms with Crippen LogP contribution >= 0.6 is 11.6 Å². The first-order valence-corrected chi connectivity index (χ1v) is 8.60. The molecule has 2 N–H and O–H groups in total. The number of halogens is 1. The SMILES string of the molecule is CCNC(=NCCc1ccc(Cl)nc1)NCCn1cnnc1CC. The van der Waals surface area contributed by atoms with E-state index in [1.807, 2.05) is 6.07 Å². The number of pyridine rings is 1. The van der Waals surface area contributed by atoms with Crippen LogP contribution < -0.4 is 10.6 Å². The Morgan fingerprint density at radius 3 is 2.88 bits per heavy atom. The molecule has 0 amide bonds. The Balaban J connectivity index is 1.80. The van der Waals surface area contributed by atoms with Gasteiger partial charge >= 0.3 is 0 Å². The lowest BCUT2D eigenvalue weighted by Gasteiger charge is -2.12. The van der Waals surface area contributed by atoms with Gasteiger partial charge in [0.1, 0.15) is 17.3 Å². The largest absolute Gasteiger partial charge is 0.357 e. The third-order valence-corrected chi connectivity index (χ3v) is 3.68. The number of hydrogen-bond acceptors (Lipinski definition) is 4. The molecular formula is C16H24ClN7. The van der Waals surface area contributed by atoms with Gasteiger partial charge in [0.05, 0.1) is 0 Å². The van der Waals surface area contributed by atoms with Gasteiger partial charge in [-0.15, -0.1) is 10.2 Å². The van der Waals surface area contributed by atoms with E-state index in [1.165, 1.54) is 0 Å². The van der Waals surface area contributed by atoms with Crippen molar-refractivity contribution in [3.05, 3.63) is 41.2 Å². The maximum atomic E-state index is 5.79. The molecule has 0 saturated carbocycles. The minimum atomic E-state index is 0.512. The molecule has 130 valence electrons. The maximum absolute atomic E-state index is 5.79. The Hall–Kier alpha value is -2.15. The molecule has 0 aliphatic carbocycles.